The van der Waals surface area contributed by atoms with Gasteiger partial charge < -0.3 is 15.2 Å². The molecule has 4 rings (SSSR count). The highest BCUT2D eigenvalue weighted by Gasteiger charge is 2.26. The van der Waals surface area contributed by atoms with Crippen LogP contribution >= 0.6 is 0 Å². The zero-order chi connectivity index (χ0) is 21.1. The number of hydrogen-bond donors (Lipinski definition) is 2. The van der Waals surface area contributed by atoms with E-state index in [4.69, 9.17) is 4.52 Å². The van der Waals surface area contributed by atoms with Crippen molar-refractivity contribution < 1.29 is 9.32 Å². The highest BCUT2D eigenvalue weighted by Crippen LogP contribution is 2.28. The molecule has 1 amide bonds. The Kier molecular flexibility index (Phi) is 5.60. The molecule has 0 spiro atoms. The van der Waals surface area contributed by atoms with Crippen LogP contribution in [0.3, 0.4) is 0 Å². The molecule has 9 heteroatoms. The standard InChI is InChI=1S/C21H24N6O3/c1-13-8-19(22-12-17(13)27-20(28)4-3-7-24-27)25-16-6-5-15(10-16)11-23-21(29)18-9-14(2)26-30-18/h3-4,7-9,12,15-16H,5-6,10-11H2,1-2H3,(H,22,25)(H,23,29)/t15-,16+/m0/s1. The SMILES string of the molecule is Cc1cc(C(=O)NC[C@H]2CC[C@@H](Nc3cc(C)c(-n4ncccc4=O)cn3)C2)on1. The van der Waals surface area contributed by atoms with E-state index in [1.165, 1.54) is 10.7 Å². The predicted molar refractivity (Wildman–Crippen MR) is 111 cm³/mol. The van der Waals surface area contributed by atoms with Gasteiger partial charge in [0.15, 0.2) is 0 Å². The molecular formula is C21H24N6O3. The molecule has 30 heavy (non-hydrogen) atoms. The van der Waals surface area contributed by atoms with Crippen LogP contribution in [0.2, 0.25) is 0 Å². The molecule has 1 aliphatic rings. The van der Waals surface area contributed by atoms with Crippen LogP contribution in [0.25, 0.3) is 5.69 Å². The van der Waals surface area contributed by atoms with Crippen molar-refractivity contribution in [2.45, 2.75) is 39.2 Å². The van der Waals surface area contributed by atoms with Crippen molar-refractivity contribution in [2.75, 3.05) is 11.9 Å². The molecule has 2 N–H and O–H groups in total. The molecule has 0 bridgehead atoms. The lowest BCUT2D eigenvalue weighted by Crippen LogP contribution is -2.28. The second-order valence-corrected chi connectivity index (χ2v) is 7.69. The first kappa shape index (κ1) is 19.8. The second kappa shape index (κ2) is 8.48. The molecule has 2 atom stereocenters. The van der Waals surface area contributed by atoms with Crippen LogP contribution in [0.1, 0.15) is 41.1 Å². The van der Waals surface area contributed by atoms with Crippen molar-refractivity contribution in [3.05, 3.63) is 64.0 Å². The molecule has 1 saturated carbocycles. The predicted octanol–water partition coefficient (Wildman–Crippen LogP) is 2.24. The number of hydrogen-bond acceptors (Lipinski definition) is 7. The molecule has 3 heterocycles. The number of nitrogens with zero attached hydrogens (tertiary/aromatic N) is 4. The van der Waals surface area contributed by atoms with Gasteiger partial charge >= 0.3 is 0 Å². The molecule has 156 valence electrons. The van der Waals surface area contributed by atoms with E-state index in [9.17, 15) is 9.59 Å². The maximum Gasteiger partial charge on any atom is 0.289 e. The third-order valence-electron chi connectivity index (χ3n) is 5.32. The number of rotatable bonds is 6. The Morgan fingerprint density at radius 1 is 1.30 bits per heavy atom. The van der Waals surface area contributed by atoms with Crippen molar-refractivity contribution in [1.82, 2.24) is 25.2 Å². The summed E-state index contributed by atoms with van der Waals surface area (Å²) in [4.78, 5) is 28.6. The number of pyridine rings is 1. The van der Waals surface area contributed by atoms with E-state index < -0.39 is 0 Å². The summed E-state index contributed by atoms with van der Waals surface area (Å²) in [5.41, 5.74) is 2.08. The van der Waals surface area contributed by atoms with Crippen molar-refractivity contribution in [2.24, 2.45) is 5.92 Å². The summed E-state index contributed by atoms with van der Waals surface area (Å²) in [5, 5.41) is 14.2. The van der Waals surface area contributed by atoms with E-state index in [-0.39, 0.29) is 23.3 Å². The number of aryl methyl sites for hydroxylation is 2. The van der Waals surface area contributed by atoms with Gasteiger partial charge in [-0.1, -0.05) is 5.16 Å². The van der Waals surface area contributed by atoms with Gasteiger partial charge in [-0.15, -0.1) is 0 Å². The summed E-state index contributed by atoms with van der Waals surface area (Å²) < 4.78 is 6.34. The number of anilines is 1. The Labute approximate surface area is 173 Å². The Hall–Kier alpha value is -3.49. The Morgan fingerprint density at radius 2 is 2.17 bits per heavy atom. The average molecular weight is 408 g/mol. The van der Waals surface area contributed by atoms with Crippen molar-refractivity contribution in [3.63, 3.8) is 0 Å². The average Bonchev–Trinajstić information content (AvgIpc) is 3.36. The van der Waals surface area contributed by atoms with Gasteiger partial charge in [-0.25, -0.2) is 4.98 Å². The molecule has 0 radical (unpaired) electrons. The minimum Gasteiger partial charge on any atom is -0.367 e. The van der Waals surface area contributed by atoms with Crippen LogP contribution < -0.4 is 16.2 Å². The summed E-state index contributed by atoms with van der Waals surface area (Å²) in [6.07, 6.45) is 6.21. The third kappa shape index (κ3) is 4.40. The van der Waals surface area contributed by atoms with E-state index in [1.54, 1.807) is 31.5 Å². The van der Waals surface area contributed by atoms with Crippen LogP contribution in [-0.4, -0.2) is 38.4 Å². The number of nitrogens with one attached hydrogen (secondary N) is 2. The molecular weight excluding hydrogens is 384 g/mol. The lowest BCUT2D eigenvalue weighted by molar-refractivity contribution is 0.0910. The van der Waals surface area contributed by atoms with Gasteiger partial charge in [-0.3, -0.25) is 9.59 Å². The fourth-order valence-corrected chi connectivity index (χ4v) is 3.78. The number of amides is 1. The molecule has 1 fully saturated rings. The maximum atomic E-state index is 12.1. The van der Waals surface area contributed by atoms with Crippen molar-refractivity contribution >= 4 is 11.7 Å². The van der Waals surface area contributed by atoms with Crippen molar-refractivity contribution in [3.8, 4) is 5.69 Å². The lowest BCUT2D eigenvalue weighted by Gasteiger charge is -2.16. The monoisotopic (exact) mass is 408 g/mol. The summed E-state index contributed by atoms with van der Waals surface area (Å²) in [6.45, 7) is 4.32. The molecule has 0 aliphatic heterocycles. The molecule has 0 saturated heterocycles. The molecule has 9 nitrogen and oxygen atoms in total. The smallest absolute Gasteiger partial charge is 0.289 e. The summed E-state index contributed by atoms with van der Waals surface area (Å²) in [6, 6.07) is 6.93. The number of aromatic nitrogens is 4. The van der Waals surface area contributed by atoms with E-state index in [1.807, 2.05) is 13.0 Å². The minimum atomic E-state index is -0.232. The maximum absolute atomic E-state index is 12.1. The normalized spacial score (nSPS) is 18.3. The Bertz CT molecular complexity index is 1110. The molecule has 1 aliphatic carbocycles. The highest BCUT2D eigenvalue weighted by atomic mass is 16.5. The molecule has 0 unspecified atom stereocenters. The van der Waals surface area contributed by atoms with Crippen LogP contribution in [0.5, 0.6) is 0 Å². The first-order chi connectivity index (χ1) is 14.5. The minimum absolute atomic E-state index is 0.190. The largest absolute Gasteiger partial charge is 0.367 e. The van der Waals surface area contributed by atoms with E-state index in [0.717, 1.165) is 30.6 Å². The number of carbonyl (C=O) groups is 1. The lowest BCUT2D eigenvalue weighted by atomic mass is 10.1. The summed E-state index contributed by atoms with van der Waals surface area (Å²) in [5.74, 6) is 1.17. The Morgan fingerprint density at radius 3 is 2.90 bits per heavy atom. The van der Waals surface area contributed by atoms with Gasteiger partial charge in [0.25, 0.3) is 11.5 Å². The van der Waals surface area contributed by atoms with E-state index >= 15 is 0 Å². The van der Waals surface area contributed by atoms with E-state index in [0.29, 0.717) is 23.8 Å². The second-order valence-electron chi connectivity index (χ2n) is 7.69. The molecule has 3 aromatic heterocycles. The first-order valence-corrected chi connectivity index (χ1v) is 9.99. The van der Waals surface area contributed by atoms with Crippen LogP contribution in [0.15, 0.2) is 46.0 Å². The van der Waals surface area contributed by atoms with Gasteiger partial charge in [0.2, 0.25) is 5.76 Å². The molecule has 3 aromatic rings. The van der Waals surface area contributed by atoms with Gasteiger partial charge in [0, 0.05) is 30.9 Å². The first-order valence-electron chi connectivity index (χ1n) is 9.99. The van der Waals surface area contributed by atoms with Crippen LogP contribution in [-0.2, 0) is 0 Å². The van der Waals surface area contributed by atoms with Gasteiger partial charge in [0.1, 0.15) is 5.82 Å². The summed E-state index contributed by atoms with van der Waals surface area (Å²) in [7, 11) is 0. The number of carbonyl (C=O) groups excluding carboxylic acids is 1. The fourth-order valence-electron chi connectivity index (χ4n) is 3.78. The zero-order valence-corrected chi connectivity index (χ0v) is 17.0. The fraction of sp³-hybridized carbons (Fsp3) is 0.381. The molecule has 0 aromatic carbocycles. The highest BCUT2D eigenvalue weighted by molar-refractivity contribution is 5.91. The summed E-state index contributed by atoms with van der Waals surface area (Å²) >= 11 is 0. The van der Waals surface area contributed by atoms with Crippen LogP contribution in [0.4, 0.5) is 5.82 Å². The quantitative estimate of drug-likeness (QED) is 0.643. The van der Waals surface area contributed by atoms with E-state index in [2.05, 4.69) is 25.9 Å². The van der Waals surface area contributed by atoms with Gasteiger partial charge in [-0.05, 0) is 56.7 Å². The zero-order valence-electron chi connectivity index (χ0n) is 17.0. The Balaban J connectivity index is 1.32. The van der Waals surface area contributed by atoms with Gasteiger partial charge in [0.05, 0.1) is 17.6 Å². The van der Waals surface area contributed by atoms with Gasteiger partial charge in [-0.2, -0.15) is 9.78 Å². The topological polar surface area (TPSA) is 115 Å². The van der Waals surface area contributed by atoms with Crippen molar-refractivity contribution in [1.29, 1.82) is 0 Å². The third-order valence-corrected chi connectivity index (χ3v) is 5.32. The van der Waals surface area contributed by atoms with Crippen LogP contribution in [0, 0.1) is 19.8 Å².